The molecule has 116 valence electrons. The molecule has 2 aromatic rings. The van der Waals surface area contributed by atoms with Crippen molar-refractivity contribution in [2.75, 3.05) is 11.4 Å². The molecule has 6 nitrogen and oxygen atoms in total. The maximum absolute atomic E-state index is 12.6. The Labute approximate surface area is 129 Å². The number of carbonyl (C=O) groups excluding carboxylic acids is 1. The summed E-state index contributed by atoms with van der Waals surface area (Å²) in [5, 5.41) is 3.19. The maximum atomic E-state index is 12.6. The Morgan fingerprint density at radius 2 is 1.91 bits per heavy atom. The normalized spacial score (nSPS) is 18.9. The van der Waals surface area contributed by atoms with Crippen molar-refractivity contribution in [1.29, 1.82) is 0 Å². The van der Waals surface area contributed by atoms with Crippen molar-refractivity contribution in [3.8, 4) is 0 Å². The second-order valence-corrected chi connectivity index (χ2v) is 7.52. The second kappa shape index (κ2) is 5.24. The zero-order valence-corrected chi connectivity index (χ0v) is 13.2. The van der Waals surface area contributed by atoms with Gasteiger partial charge in [-0.3, -0.25) is 14.4 Å². The van der Waals surface area contributed by atoms with E-state index < -0.39 is 15.1 Å². The molecule has 1 atom stereocenters. The van der Waals surface area contributed by atoms with E-state index in [4.69, 9.17) is 0 Å². The van der Waals surface area contributed by atoms with E-state index in [1.165, 1.54) is 17.0 Å². The first-order chi connectivity index (χ1) is 10.4. The van der Waals surface area contributed by atoms with Gasteiger partial charge in [0, 0.05) is 19.7 Å². The van der Waals surface area contributed by atoms with Gasteiger partial charge in [-0.15, -0.1) is 0 Å². The maximum Gasteiger partial charge on any atom is 0.246 e. The van der Waals surface area contributed by atoms with E-state index in [1.54, 1.807) is 36.0 Å². The molecule has 0 aliphatic carbocycles. The van der Waals surface area contributed by atoms with Crippen LogP contribution in [0.1, 0.15) is 12.1 Å². The Hall–Kier alpha value is -2.15. The zero-order chi connectivity index (χ0) is 15.9. The lowest BCUT2D eigenvalue weighted by Gasteiger charge is -2.16. The highest BCUT2D eigenvalue weighted by Gasteiger charge is 2.43. The fourth-order valence-electron chi connectivity index (χ4n) is 2.79. The molecule has 1 aromatic carbocycles. The average molecular weight is 319 g/mol. The van der Waals surface area contributed by atoms with Crippen molar-refractivity contribution >= 4 is 21.6 Å². The van der Waals surface area contributed by atoms with Gasteiger partial charge in [0.2, 0.25) is 5.91 Å². The molecule has 0 N–H and O–H groups in total. The predicted molar refractivity (Wildman–Crippen MR) is 82.3 cm³/mol. The zero-order valence-electron chi connectivity index (χ0n) is 12.4. The van der Waals surface area contributed by atoms with E-state index in [0.717, 1.165) is 5.69 Å². The van der Waals surface area contributed by atoms with Crippen LogP contribution in [0, 0.1) is 6.92 Å². The molecule has 0 spiro atoms. The van der Waals surface area contributed by atoms with Crippen LogP contribution in [0.3, 0.4) is 0 Å². The standard InChI is InChI=1S/C15H17N3O3S/c1-11-10-14(17(2)16-11)18-9-8-13(15(18)19)22(20,21)12-6-4-3-5-7-12/h3-7,10,13H,8-9H2,1-2H3. The van der Waals surface area contributed by atoms with Gasteiger partial charge in [0.15, 0.2) is 9.84 Å². The summed E-state index contributed by atoms with van der Waals surface area (Å²) < 4.78 is 26.9. The highest BCUT2D eigenvalue weighted by atomic mass is 32.2. The van der Waals surface area contributed by atoms with Gasteiger partial charge in [0.1, 0.15) is 11.1 Å². The fraction of sp³-hybridized carbons (Fsp3) is 0.333. The summed E-state index contributed by atoms with van der Waals surface area (Å²) in [4.78, 5) is 14.3. The molecule has 3 rings (SSSR count). The molecule has 7 heteroatoms. The van der Waals surface area contributed by atoms with Crippen LogP contribution in [-0.2, 0) is 21.7 Å². The van der Waals surface area contributed by atoms with Gasteiger partial charge in [-0.05, 0) is 25.5 Å². The first-order valence-corrected chi connectivity index (χ1v) is 8.57. The Morgan fingerprint density at radius 1 is 1.23 bits per heavy atom. The van der Waals surface area contributed by atoms with Crippen molar-refractivity contribution < 1.29 is 13.2 Å². The number of aromatic nitrogens is 2. The van der Waals surface area contributed by atoms with Crippen LogP contribution in [0.15, 0.2) is 41.3 Å². The van der Waals surface area contributed by atoms with Crippen LogP contribution in [0.25, 0.3) is 0 Å². The van der Waals surface area contributed by atoms with Gasteiger partial charge in [0.05, 0.1) is 10.6 Å². The quantitative estimate of drug-likeness (QED) is 0.855. The van der Waals surface area contributed by atoms with Gasteiger partial charge < -0.3 is 0 Å². The first kappa shape index (κ1) is 14.8. The summed E-state index contributed by atoms with van der Waals surface area (Å²) in [5.74, 6) is 0.250. The molecule has 1 aliphatic heterocycles. The van der Waals surface area contributed by atoms with Crippen LogP contribution in [-0.4, -0.2) is 35.9 Å². The predicted octanol–water partition coefficient (Wildman–Crippen LogP) is 1.31. The number of amides is 1. The molecule has 0 saturated carbocycles. The number of sulfone groups is 1. The summed E-state index contributed by atoms with van der Waals surface area (Å²) in [6.45, 7) is 2.22. The number of rotatable bonds is 3. The summed E-state index contributed by atoms with van der Waals surface area (Å²) in [6, 6.07) is 9.91. The third kappa shape index (κ3) is 2.31. The fourth-order valence-corrected chi connectivity index (χ4v) is 4.47. The Kier molecular flexibility index (Phi) is 3.52. The number of benzene rings is 1. The summed E-state index contributed by atoms with van der Waals surface area (Å²) >= 11 is 0. The third-order valence-corrected chi connectivity index (χ3v) is 5.97. The second-order valence-electron chi connectivity index (χ2n) is 5.39. The third-order valence-electron chi connectivity index (χ3n) is 3.86. The van der Waals surface area contributed by atoms with Gasteiger partial charge in [0.25, 0.3) is 0 Å². The van der Waals surface area contributed by atoms with E-state index in [-0.39, 0.29) is 10.8 Å². The van der Waals surface area contributed by atoms with Crippen molar-refractivity contribution in [2.45, 2.75) is 23.5 Å². The van der Waals surface area contributed by atoms with Gasteiger partial charge in [-0.1, -0.05) is 18.2 Å². The lowest BCUT2D eigenvalue weighted by molar-refractivity contribution is -0.116. The van der Waals surface area contributed by atoms with Crippen molar-refractivity contribution in [2.24, 2.45) is 7.05 Å². The minimum Gasteiger partial charge on any atom is -0.296 e. The highest BCUT2D eigenvalue weighted by molar-refractivity contribution is 7.92. The number of hydrogen-bond donors (Lipinski definition) is 0. The topological polar surface area (TPSA) is 72.3 Å². The SMILES string of the molecule is Cc1cc(N2CCC(S(=O)(=O)c3ccccc3)C2=O)n(C)n1. The van der Waals surface area contributed by atoms with E-state index in [9.17, 15) is 13.2 Å². The molecule has 0 radical (unpaired) electrons. The lowest BCUT2D eigenvalue weighted by atomic mass is 10.4. The molecular weight excluding hydrogens is 302 g/mol. The summed E-state index contributed by atoms with van der Waals surface area (Å²) in [6.07, 6.45) is 0.292. The molecule has 1 aliphatic rings. The molecule has 1 saturated heterocycles. The minimum absolute atomic E-state index is 0.191. The lowest BCUT2D eigenvalue weighted by Crippen LogP contribution is -2.34. The van der Waals surface area contributed by atoms with Crippen LogP contribution in [0.5, 0.6) is 0 Å². The molecule has 1 aromatic heterocycles. The van der Waals surface area contributed by atoms with Gasteiger partial charge in [-0.25, -0.2) is 8.42 Å². The van der Waals surface area contributed by atoms with E-state index in [1.807, 2.05) is 6.92 Å². The first-order valence-electron chi connectivity index (χ1n) is 7.02. The number of hydrogen-bond acceptors (Lipinski definition) is 4. The average Bonchev–Trinajstić information content (AvgIpc) is 3.02. The van der Waals surface area contributed by atoms with Crippen LogP contribution in [0.4, 0.5) is 5.82 Å². The van der Waals surface area contributed by atoms with Gasteiger partial charge >= 0.3 is 0 Å². The smallest absolute Gasteiger partial charge is 0.246 e. The Morgan fingerprint density at radius 3 is 2.50 bits per heavy atom. The van der Waals surface area contributed by atoms with Gasteiger partial charge in [-0.2, -0.15) is 5.10 Å². The summed E-state index contributed by atoms with van der Waals surface area (Å²) in [5.41, 5.74) is 0.791. The van der Waals surface area contributed by atoms with Crippen molar-refractivity contribution in [3.63, 3.8) is 0 Å². The molecule has 1 amide bonds. The summed E-state index contributed by atoms with van der Waals surface area (Å²) in [7, 11) is -1.91. The number of carbonyl (C=O) groups is 1. The Bertz CT molecular complexity index is 812. The van der Waals surface area contributed by atoms with E-state index in [2.05, 4.69) is 5.10 Å². The molecule has 2 heterocycles. The molecule has 1 fully saturated rings. The molecule has 0 bridgehead atoms. The minimum atomic E-state index is -3.66. The monoisotopic (exact) mass is 319 g/mol. The molecule has 1 unspecified atom stereocenters. The van der Waals surface area contributed by atoms with Crippen LogP contribution < -0.4 is 4.90 Å². The van der Waals surface area contributed by atoms with Crippen molar-refractivity contribution in [3.05, 3.63) is 42.1 Å². The highest BCUT2D eigenvalue weighted by Crippen LogP contribution is 2.28. The molecule has 22 heavy (non-hydrogen) atoms. The number of nitrogens with zero attached hydrogens (tertiary/aromatic N) is 3. The number of anilines is 1. The Balaban J connectivity index is 1.93. The van der Waals surface area contributed by atoms with Crippen LogP contribution >= 0.6 is 0 Å². The van der Waals surface area contributed by atoms with Crippen molar-refractivity contribution in [1.82, 2.24) is 9.78 Å². The van der Waals surface area contributed by atoms with Crippen LogP contribution in [0.2, 0.25) is 0 Å². The van der Waals surface area contributed by atoms with E-state index >= 15 is 0 Å². The largest absolute Gasteiger partial charge is 0.296 e. The number of aryl methyl sites for hydroxylation is 2. The molecular formula is C15H17N3O3S. The van der Waals surface area contributed by atoms with E-state index in [0.29, 0.717) is 18.8 Å².